The first-order valence-electron chi connectivity index (χ1n) is 7.29. The Hall–Kier alpha value is -1.27. The van der Waals surface area contributed by atoms with Crippen LogP contribution in [0.1, 0.15) is 19.3 Å². The van der Waals surface area contributed by atoms with Crippen LogP contribution in [0.15, 0.2) is 17.2 Å². The van der Waals surface area contributed by atoms with Gasteiger partial charge in [0.2, 0.25) is 0 Å². The standard InChI is InChI=1S/C15H23N3O2S/c1-18(2)13-11-16-15(10-14(13)21-9-3-6-19)17-12-4-7-20-8-5-12/h6,10-12H,3-5,7-9H2,1-2H3,(H,16,17). The topological polar surface area (TPSA) is 54.5 Å². The summed E-state index contributed by atoms with van der Waals surface area (Å²) in [5.74, 6) is 1.70. The van der Waals surface area contributed by atoms with Gasteiger partial charge >= 0.3 is 0 Å². The van der Waals surface area contributed by atoms with Crippen molar-refractivity contribution in [1.29, 1.82) is 0 Å². The van der Waals surface area contributed by atoms with Gasteiger partial charge in [0.1, 0.15) is 12.1 Å². The molecule has 1 aliphatic heterocycles. The molecule has 1 aromatic rings. The van der Waals surface area contributed by atoms with Crippen LogP contribution in [-0.2, 0) is 9.53 Å². The van der Waals surface area contributed by atoms with Crippen LogP contribution < -0.4 is 10.2 Å². The second-order valence-electron chi connectivity index (χ2n) is 5.27. The summed E-state index contributed by atoms with van der Waals surface area (Å²) in [6.45, 7) is 1.63. The van der Waals surface area contributed by atoms with Gasteiger partial charge < -0.3 is 19.7 Å². The van der Waals surface area contributed by atoms with Crippen LogP contribution in [0.3, 0.4) is 0 Å². The van der Waals surface area contributed by atoms with E-state index < -0.39 is 0 Å². The predicted octanol–water partition coefficient (Wildman–Crippen LogP) is 2.42. The lowest BCUT2D eigenvalue weighted by Crippen LogP contribution is -2.28. The lowest BCUT2D eigenvalue weighted by molar-refractivity contribution is -0.107. The number of rotatable bonds is 7. The normalized spacial score (nSPS) is 15.7. The quantitative estimate of drug-likeness (QED) is 0.474. The predicted molar refractivity (Wildman–Crippen MR) is 87.4 cm³/mol. The minimum atomic E-state index is 0.435. The highest BCUT2D eigenvalue weighted by atomic mass is 32.2. The maximum Gasteiger partial charge on any atom is 0.127 e. The summed E-state index contributed by atoms with van der Waals surface area (Å²) in [5, 5.41) is 3.49. The van der Waals surface area contributed by atoms with E-state index in [0.29, 0.717) is 12.5 Å². The maximum atomic E-state index is 10.5. The van der Waals surface area contributed by atoms with Crippen molar-refractivity contribution in [3.63, 3.8) is 0 Å². The van der Waals surface area contributed by atoms with Gasteiger partial charge in [-0.15, -0.1) is 11.8 Å². The molecule has 0 spiro atoms. The molecule has 21 heavy (non-hydrogen) atoms. The highest BCUT2D eigenvalue weighted by Gasteiger charge is 2.15. The first-order valence-corrected chi connectivity index (χ1v) is 8.27. The number of ether oxygens (including phenoxy) is 1. The van der Waals surface area contributed by atoms with Crippen molar-refractivity contribution in [2.75, 3.05) is 43.3 Å². The number of nitrogens with zero attached hydrogens (tertiary/aromatic N) is 2. The molecule has 2 rings (SSSR count). The maximum absolute atomic E-state index is 10.5. The van der Waals surface area contributed by atoms with Crippen LogP contribution in [0, 0.1) is 0 Å². The van der Waals surface area contributed by atoms with Crippen LogP contribution in [0.4, 0.5) is 11.5 Å². The number of nitrogens with one attached hydrogen (secondary N) is 1. The van der Waals surface area contributed by atoms with Gasteiger partial charge in [0, 0.05) is 50.4 Å². The first kappa shape index (κ1) is 16.1. The van der Waals surface area contributed by atoms with Gasteiger partial charge in [-0.25, -0.2) is 4.98 Å². The number of aldehydes is 1. The van der Waals surface area contributed by atoms with E-state index in [-0.39, 0.29) is 0 Å². The highest BCUT2D eigenvalue weighted by molar-refractivity contribution is 7.99. The van der Waals surface area contributed by atoms with E-state index in [1.807, 2.05) is 20.3 Å². The summed E-state index contributed by atoms with van der Waals surface area (Å²) < 4.78 is 5.37. The zero-order chi connectivity index (χ0) is 15.1. The van der Waals surface area contributed by atoms with Crippen molar-refractivity contribution in [3.05, 3.63) is 12.3 Å². The molecule has 1 N–H and O–H groups in total. The van der Waals surface area contributed by atoms with Crippen molar-refractivity contribution in [2.45, 2.75) is 30.2 Å². The van der Waals surface area contributed by atoms with Crippen molar-refractivity contribution in [2.24, 2.45) is 0 Å². The van der Waals surface area contributed by atoms with Gasteiger partial charge in [-0.1, -0.05) is 0 Å². The molecule has 116 valence electrons. The summed E-state index contributed by atoms with van der Waals surface area (Å²) in [4.78, 5) is 18.2. The largest absolute Gasteiger partial charge is 0.381 e. The van der Waals surface area contributed by atoms with Crippen LogP contribution >= 0.6 is 11.8 Å². The van der Waals surface area contributed by atoms with Crippen LogP contribution in [0.5, 0.6) is 0 Å². The number of carbonyl (C=O) groups excluding carboxylic acids is 1. The molecule has 0 bridgehead atoms. The van der Waals surface area contributed by atoms with E-state index in [1.165, 1.54) is 0 Å². The van der Waals surface area contributed by atoms with Crippen LogP contribution in [0.2, 0.25) is 0 Å². The van der Waals surface area contributed by atoms with Gasteiger partial charge in [-0.3, -0.25) is 0 Å². The molecular weight excluding hydrogens is 286 g/mol. The minimum absolute atomic E-state index is 0.435. The molecule has 0 unspecified atom stereocenters. The van der Waals surface area contributed by atoms with Crippen molar-refractivity contribution in [1.82, 2.24) is 4.98 Å². The molecule has 0 atom stereocenters. The fourth-order valence-electron chi connectivity index (χ4n) is 2.23. The monoisotopic (exact) mass is 309 g/mol. The molecule has 5 nitrogen and oxygen atoms in total. The van der Waals surface area contributed by atoms with E-state index in [9.17, 15) is 4.79 Å². The summed E-state index contributed by atoms with van der Waals surface area (Å²) in [5.41, 5.74) is 1.09. The smallest absolute Gasteiger partial charge is 0.127 e. The van der Waals surface area contributed by atoms with E-state index >= 15 is 0 Å². The van der Waals surface area contributed by atoms with E-state index in [2.05, 4.69) is 21.3 Å². The molecule has 1 saturated heterocycles. The minimum Gasteiger partial charge on any atom is -0.381 e. The van der Waals surface area contributed by atoms with Crippen molar-refractivity contribution < 1.29 is 9.53 Å². The first-order chi connectivity index (χ1) is 10.2. The zero-order valence-corrected chi connectivity index (χ0v) is 13.5. The Labute approximate surface area is 130 Å². The van der Waals surface area contributed by atoms with Gasteiger partial charge in [0.05, 0.1) is 11.9 Å². The third kappa shape index (κ3) is 4.89. The Balaban J connectivity index is 2.07. The Morgan fingerprint density at radius 3 is 2.90 bits per heavy atom. The molecule has 1 fully saturated rings. The molecule has 0 amide bonds. The molecule has 0 aliphatic carbocycles. The summed E-state index contributed by atoms with van der Waals surface area (Å²) in [7, 11) is 4.01. The average molecular weight is 309 g/mol. The number of carbonyl (C=O) groups is 1. The fraction of sp³-hybridized carbons (Fsp3) is 0.600. The number of hydrogen-bond acceptors (Lipinski definition) is 6. The molecule has 1 aromatic heterocycles. The number of pyridine rings is 1. The SMILES string of the molecule is CN(C)c1cnc(NC2CCOCC2)cc1SCCC=O. The third-order valence-electron chi connectivity index (χ3n) is 3.39. The second-order valence-corrected chi connectivity index (χ2v) is 6.40. The number of anilines is 2. The van der Waals surface area contributed by atoms with Crippen LogP contribution in [-0.4, -0.2) is 50.4 Å². The van der Waals surface area contributed by atoms with Gasteiger partial charge in [-0.2, -0.15) is 0 Å². The molecule has 2 heterocycles. The molecule has 6 heteroatoms. The fourth-order valence-corrected chi connectivity index (χ4v) is 3.24. The molecular formula is C15H23N3O2S. The Morgan fingerprint density at radius 2 is 2.24 bits per heavy atom. The van der Waals surface area contributed by atoms with Crippen molar-refractivity contribution in [3.8, 4) is 0 Å². The third-order valence-corrected chi connectivity index (χ3v) is 4.47. The van der Waals surface area contributed by atoms with Crippen molar-refractivity contribution >= 4 is 29.6 Å². The molecule has 0 aromatic carbocycles. The van der Waals surface area contributed by atoms with Gasteiger partial charge in [0.15, 0.2) is 0 Å². The number of hydrogen-bond donors (Lipinski definition) is 1. The number of thioether (sulfide) groups is 1. The molecule has 0 radical (unpaired) electrons. The summed E-state index contributed by atoms with van der Waals surface area (Å²) in [6, 6.07) is 2.52. The van der Waals surface area contributed by atoms with Crippen LogP contribution in [0.25, 0.3) is 0 Å². The number of aromatic nitrogens is 1. The summed E-state index contributed by atoms with van der Waals surface area (Å²) in [6.07, 6.45) is 5.47. The van der Waals surface area contributed by atoms with Gasteiger partial charge in [-0.05, 0) is 18.9 Å². The Kier molecular flexibility index (Phi) is 6.32. The Bertz CT molecular complexity index is 462. The lowest BCUT2D eigenvalue weighted by atomic mass is 10.1. The molecule has 0 saturated carbocycles. The van der Waals surface area contributed by atoms with Gasteiger partial charge in [0.25, 0.3) is 0 Å². The highest BCUT2D eigenvalue weighted by Crippen LogP contribution is 2.31. The second kappa shape index (κ2) is 8.24. The lowest BCUT2D eigenvalue weighted by Gasteiger charge is -2.24. The summed E-state index contributed by atoms with van der Waals surface area (Å²) >= 11 is 1.70. The van der Waals surface area contributed by atoms with E-state index in [1.54, 1.807) is 11.8 Å². The van der Waals surface area contributed by atoms with E-state index in [0.717, 1.165) is 54.5 Å². The van der Waals surface area contributed by atoms with E-state index in [4.69, 9.17) is 4.74 Å². The molecule has 1 aliphatic rings. The average Bonchev–Trinajstić information content (AvgIpc) is 2.48. The Morgan fingerprint density at radius 1 is 1.48 bits per heavy atom. The zero-order valence-electron chi connectivity index (χ0n) is 12.7.